The van der Waals surface area contributed by atoms with Crippen molar-refractivity contribution in [3.05, 3.63) is 29.8 Å². The molecular weight excluding hydrogens is 342 g/mol. The number of anilines is 1. The molecule has 0 aromatic heterocycles. The van der Waals surface area contributed by atoms with E-state index in [1.165, 1.54) is 0 Å². The number of nitrogen functional groups attached to an aromatic ring is 1. The van der Waals surface area contributed by atoms with E-state index in [1.54, 1.807) is 0 Å². The van der Waals surface area contributed by atoms with E-state index in [4.69, 9.17) is 10.5 Å². The molecule has 1 unspecified atom stereocenters. The zero-order valence-corrected chi connectivity index (χ0v) is 15.2. The summed E-state index contributed by atoms with van der Waals surface area (Å²) in [6.45, 7) is 3.81. The lowest BCUT2D eigenvalue weighted by Crippen LogP contribution is -2.49. The Hall–Kier alpha value is -1.79. The number of hydrogen-bond donors (Lipinski definition) is 1. The predicted molar refractivity (Wildman–Crippen MR) is 98.5 cm³/mol. The van der Waals surface area contributed by atoms with Crippen molar-refractivity contribution in [1.29, 1.82) is 0 Å². The molecule has 2 fully saturated rings. The largest absolute Gasteiger partial charge is 0.399 e. The van der Waals surface area contributed by atoms with Crippen molar-refractivity contribution in [2.75, 3.05) is 45.1 Å². The average Bonchev–Trinajstić information content (AvgIpc) is 2.64. The number of halogens is 1. The first-order valence-corrected chi connectivity index (χ1v) is 8.62. The van der Waals surface area contributed by atoms with Crippen molar-refractivity contribution in [3.63, 3.8) is 0 Å². The van der Waals surface area contributed by atoms with Crippen LogP contribution in [0.4, 0.5) is 5.69 Å². The molecule has 1 aromatic rings. The molecule has 6 nitrogen and oxygen atoms in total. The molecule has 25 heavy (non-hydrogen) atoms. The SMILES string of the molecule is Cl.Nc1ccc(CC(=O)N2CCCC(C(=O)N3CCOCC3)C2)cc1. The van der Waals surface area contributed by atoms with Crippen LogP contribution in [-0.2, 0) is 20.7 Å². The number of hydrogen-bond acceptors (Lipinski definition) is 4. The summed E-state index contributed by atoms with van der Waals surface area (Å²) in [4.78, 5) is 28.9. The molecular formula is C18H26ClN3O3. The number of nitrogens with two attached hydrogens (primary N) is 1. The monoisotopic (exact) mass is 367 g/mol. The van der Waals surface area contributed by atoms with Gasteiger partial charge in [0.1, 0.15) is 0 Å². The van der Waals surface area contributed by atoms with E-state index < -0.39 is 0 Å². The molecule has 0 radical (unpaired) electrons. The zero-order chi connectivity index (χ0) is 16.9. The second-order valence-corrected chi connectivity index (χ2v) is 6.53. The molecule has 138 valence electrons. The summed E-state index contributed by atoms with van der Waals surface area (Å²) in [7, 11) is 0. The Balaban J connectivity index is 0.00000225. The number of morpholine rings is 1. The number of benzene rings is 1. The molecule has 3 rings (SSSR count). The van der Waals surface area contributed by atoms with Gasteiger partial charge in [-0.2, -0.15) is 0 Å². The number of carbonyl (C=O) groups excluding carboxylic acids is 2. The van der Waals surface area contributed by atoms with Gasteiger partial charge >= 0.3 is 0 Å². The van der Waals surface area contributed by atoms with Crippen molar-refractivity contribution >= 4 is 29.9 Å². The Morgan fingerprint density at radius 2 is 1.76 bits per heavy atom. The molecule has 0 spiro atoms. The lowest BCUT2D eigenvalue weighted by Gasteiger charge is -2.36. The van der Waals surface area contributed by atoms with Gasteiger partial charge in [0.2, 0.25) is 11.8 Å². The van der Waals surface area contributed by atoms with Gasteiger partial charge in [-0.05, 0) is 30.5 Å². The Kier molecular flexibility index (Phi) is 7.08. The van der Waals surface area contributed by atoms with Crippen LogP contribution in [0.3, 0.4) is 0 Å². The Bertz CT molecular complexity index is 588. The highest BCUT2D eigenvalue weighted by atomic mass is 35.5. The quantitative estimate of drug-likeness (QED) is 0.818. The van der Waals surface area contributed by atoms with Crippen LogP contribution in [0.1, 0.15) is 18.4 Å². The number of ether oxygens (including phenoxy) is 1. The third-order valence-electron chi connectivity index (χ3n) is 4.78. The third kappa shape index (κ3) is 5.09. The minimum Gasteiger partial charge on any atom is -0.399 e. The maximum atomic E-state index is 12.6. The molecule has 0 aliphatic carbocycles. The van der Waals surface area contributed by atoms with E-state index in [2.05, 4.69) is 0 Å². The molecule has 1 atom stereocenters. The van der Waals surface area contributed by atoms with Crippen LogP contribution in [0.2, 0.25) is 0 Å². The van der Waals surface area contributed by atoms with Crippen molar-refractivity contribution in [3.8, 4) is 0 Å². The third-order valence-corrected chi connectivity index (χ3v) is 4.78. The number of rotatable bonds is 3. The highest BCUT2D eigenvalue weighted by Gasteiger charge is 2.31. The van der Waals surface area contributed by atoms with Crippen LogP contribution in [0.25, 0.3) is 0 Å². The van der Waals surface area contributed by atoms with Gasteiger partial charge < -0.3 is 20.3 Å². The van der Waals surface area contributed by atoms with Crippen molar-refractivity contribution < 1.29 is 14.3 Å². The highest BCUT2D eigenvalue weighted by Crippen LogP contribution is 2.20. The van der Waals surface area contributed by atoms with Crippen LogP contribution >= 0.6 is 12.4 Å². The minimum absolute atomic E-state index is 0. The van der Waals surface area contributed by atoms with Gasteiger partial charge in [0.15, 0.2) is 0 Å². The summed E-state index contributed by atoms with van der Waals surface area (Å²) in [5.74, 6) is 0.176. The predicted octanol–water partition coefficient (Wildman–Crippen LogP) is 1.33. The van der Waals surface area contributed by atoms with Crippen LogP contribution in [-0.4, -0.2) is 61.0 Å². The van der Waals surface area contributed by atoms with Crippen molar-refractivity contribution in [2.45, 2.75) is 19.3 Å². The summed E-state index contributed by atoms with van der Waals surface area (Å²) >= 11 is 0. The second-order valence-electron chi connectivity index (χ2n) is 6.53. The van der Waals surface area contributed by atoms with Gasteiger partial charge in [-0.25, -0.2) is 0 Å². The van der Waals surface area contributed by atoms with Crippen molar-refractivity contribution in [1.82, 2.24) is 9.80 Å². The Morgan fingerprint density at radius 3 is 2.44 bits per heavy atom. The van der Waals surface area contributed by atoms with E-state index in [0.29, 0.717) is 45.0 Å². The lowest BCUT2D eigenvalue weighted by molar-refractivity contribution is -0.143. The summed E-state index contributed by atoms with van der Waals surface area (Å²) in [6.07, 6.45) is 2.11. The molecule has 2 N–H and O–H groups in total. The lowest BCUT2D eigenvalue weighted by atomic mass is 9.95. The molecule has 2 heterocycles. The molecule has 0 saturated carbocycles. The van der Waals surface area contributed by atoms with Gasteiger partial charge in [-0.3, -0.25) is 9.59 Å². The van der Waals surface area contributed by atoms with Gasteiger partial charge in [0.25, 0.3) is 0 Å². The minimum atomic E-state index is -0.0767. The maximum Gasteiger partial charge on any atom is 0.227 e. The van der Waals surface area contributed by atoms with Gasteiger partial charge in [-0.15, -0.1) is 12.4 Å². The number of likely N-dealkylation sites (tertiary alicyclic amines) is 1. The van der Waals surface area contributed by atoms with E-state index in [-0.39, 0.29) is 30.1 Å². The number of amides is 2. The molecule has 7 heteroatoms. The van der Waals surface area contributed by atoms with E-state index in [9.17, 15) is 9.59 Å². The van der Waals surface area contributed by atoms with Gasteiger partial charge in [-0.1, -0.05) is 12.1 Å². The summed E-state index contributed by atoms with van der Waals surface area (Å²) in [6, 6.07) is 7.38. The second kappa shape index (κ2) is 9.06. The van der Waals surface area contributed by atoms with Crippen LogP contribution in [0, 0.1) is 5.92 Å². The summed E-state index contributed by atoms with van der Waals surface area (Å²) in [5.41, 5.74) is 7.33. The first-order chi connectivity index (χ1) is 11.6. The number of piperidine rings is 1. The molecule has 0 bridgehead atoms. The van der Waals surface area contributed by atoms with Crippen LogP contribution in [0.15, 0.2) is 24.3 Å². The Labute approximate surface area is 154 Å². The number of nitrogens with zero attached hydrogens (tertiary/aromatic N) is 2. The van der Waals surface area contributed by atoms with Crippen LogP contribution < -0.4 is 5.73 Å². The molecule has 2 amide bonds. The van der Waals surface area contributed by atoms with E-state index in [1.807, 2.05) is 34.1 Å². The molecule has 2 aliphatic rings. The maximum absolute atomic E-state index is 12.6. The van der Waals surface area contributed by atoms with Gasteiger partial charge in [0, 0.05) is 31.9 Å². The topological polar surface area (TPSA) is 75.9 Å². The normalized spacial score (nSPS) is 20.7. The van der Waals surface area contributed by atoms with E-state index >= 15 is 0 Å². The first kappa shape index (κ1) is 19.5. The van der Waals surface area contributed by atoms with Crippen molar-refractivity contribution in [2.24, 2.45) is 5.92 Å². The highest BCUT2D eigenvalue weighted by molar-refractivity contribution is 5.85. The summed E-state index contributed by atoms with van der Waals surface area (Å²) < 4.78 is 5.30. The Morgan fingerprint density at radius 1 is 1.08 bits per heavy atom. The number of carbonyl (C=O) groups is 2. The zero-order valence-electron chi connectivity index (χ0n) is 14.4. The smallest absolute Gasteiger partial charge is 0.227 e. The molecule has 2 aliphatic heterocycles. The van der Waals surface area contributed by atoms with E-state index in [0.717, 1.165) is 24.9 Å². The fourth-order valence-electron chi connectivity index (χ4n) is 3.37. The first-order valence-electron chi connectivity index (χ1n) is 8.62. The molecule has 1 aromatic carbocycles. The average molecular weight is 368 g/mol. The fraction of sp³-hybridized carbons (Fsp3) is 0.556. The standard InChI is InChI=1S/C18H25N3O3.ClH/c19-16-5-3-14(4-6-16)12-17(22)21-7-1-2-15(13-21)18(23)20-8-10-24-11-9-20;/h3-6,15H,1-2,7-13,19H2;1H. The fourth-order valence-corrected chi connectivity index (χ4v) is 3.37. The van der Waals surface area contributed by atoms with Crippen LogP contribution in [0.5, 0.6) is 0 Å². The summed E-state index contributed by atoms with van der Waals surface area (Å²) in [5, 5.41) is 0. The van der Waals surface area contributed by atoms with Gasteiger partial charge in [0.05, 0.1) is 25.6 Å². The molecule has 2 saturated heterocycles.